The maximum absolute atomic E-state index is 11.6. The Bertz CT molecular complexity index is 529. The number of aliphatic carboxylic acids is 1. The largest absolute Gasteiger partial charge is 0.481 e. The lowest BCUT2D eigenvalue weighted by atomic mass is 10.1. The fraction of sp³-hybridized carbons (Fsp3) is 0.333. The Balaban J connectivity index is 2.85. The van der Waals surface area contributed by atoms with E-state index in [0.717, 1.165) is 5.56 Å². The molecule has 1 aromatic carbocycles. The van der Waals surface area contributed by atoms with Crippen LogP contribution in [0.4, 0.5) is 10.5 Å². The van der Waals surface area contributed by atoms with Crippen molar-refractivity contribution in [3.63, 3.8) is 0 Å². The van der Waals surface area contributed by atoms with Crippen molar-refractivity contribution in [2.45, 2.75) is 12.8 Å². The Morgan fingerprint density at radius 2 is 2.18 bits per heavy atom. The molecule has 0 fully saturated rings. The summed E-state index contributed by atoms with van der Waals surface area (Å²) in [6.07, 6.45) is 1.14. The Kier molecular flexibility index (Phi) is 7.49. The van der Waals surface area contributed by atoms with Gasteiger partial charge in [-0.1, -0.05) is 18.7 Å². The van der Waals surface area contributed by atoms with Gasteiger partial charge in [0, 0.05) is 13.5 Å². The maximum Gasteiger partial charge on any atom is 0.412 e. The summed E-state index contributed by atoms with van der Waals surface area (Å²) in [5.41, 5.74) is 1.14. The third kappa shape index (κ3) is 6.27. The Morgan fingerprint density at radius 1 is 1.41 bits per heavy atom. The van der Waals surface area contributed by atoms with E-state index in [1.165, 1.54) is 13.2 Å². The molecule has 0 aliphatic heterocycles. The molecule has 1 aromatic rings. The van der Waals surface area contributed by atoms with Gasteiger partial charge < -0.3 is 19.3 Å². The minimum Gasteiger partial charge on any atom is -0.481 e. The Morgan fingerprint density at radius 3 is 2.82 bits per heavy atom. The summed E-state index contributed by atoms with van der Waals surface area (Å²) in [5.74, 6) is -0.490. The molecule has 0 spiro atoms. The molecule has 0 saturated carbocycles. The van der Waals surface area contributed by atoms with Gasteiger partial charge in [0.05, 0.1) is 5.69 Å². The van der Waals surface area contributed by atoms with E-state index in [2.05, 4.69) is 11.9 Å². The number of rotatable bonds is 9. The van der Waals surface area contributed by atoms with Crippen molar-refractivity contribution in [1.82, 2.24) is 0 Å². The van der Waals surface area contributed by atoms with Crippen molar-refractivity contribution in [2.24, 2.45) is 0 Å². The van der Waals surface area contributed by atoms with Crippen molar-refractivity contribution in [2.75, 3.05) is 25.8 Å². The van der Waals surface area contributed by atoms with Crippen LogP contribution in [0, 0.1) is 0 Å². The van der Waals surface area contributed by atoms with Gasteiger partial charge in [0.15, 0.2) is 6.79 Å². The molecule has 0 radical (unpaired) electrons. The number of methoxy groups -OCH3 is 1. The first-order valence-electron chi connectivity index (χ1n) is 6.58. The molecule has 7 nitrogen and oxygen atoms in total. The molecule has 0 aliphatic rings. The predicted octanol–water partition coefficient (Wildman–Crippen LogP) is 2.42. The smallest absolute Gasteiger partial charge is 0.412 e. The summed E-state index contributed by atoms with van der Waals surface area (Å²) in [5, 5.41) is 11.3. The number of anilines is 1. The molecule has 0 bridgehead atoms. The number of carbonyl (C=O) groups is 2. The molecule has 0 unspecified atom stereocenters. The van der Waals surface area contributed by atoms with E-state index in [4.69, 9.17) is 19.3 Å². The van der Waals surface area contributed by atoms with Crippen LogP contribution >= 0.6 is 0 Å². The SMILES string of the molecule is C=CCOC(=O)Nc1cc(CCC(=O)O)ccc1OCOC. The fourth-order valence-electron chi connectivity index (χ4n) is 1.61. The number of carboxylic acids is 1. The highest BCUT2D eigenvalue weighted by Gasteiger charge is 2.11. The third-order valence-corrected chi connectivity index (χ3v) is 2.57. The quantitative estimate of drug-likeness (QED) is 0.537. The van der Waals surface area contributed by atoms with Crippen LogP contribution in [0.25, 0.3) is 0 Å². The molecule has 1 amide bonds. The number of nitrogens with one attached hydrogen (secondary N) is 1. The van der Waals surface area contributed by atoms with Crippen LogP contribution in [0.3, 0.4) is 0 Å². The van der Waals surface area contributed by atoms with Crippen LogP contribution in [0.1, 0.15) is 12.0 Å². The van der Waals surface area contributed by atoms with Gasteiger partial charge in [0.25, 0.3) is 0 Å². The normalized spacial score (nSPS) is 9.86. The van der Waals surface area contributed by atoms with Crippen molar-refractivity contribution < 1.29 is 28.9 Å². The van der Waals surface area contributed by atoms with Crippen LogP contribution in [-0.4, -0.2) is 37.7 Å². The summed E-state index contributed by atoms with van der Waals surface area (Å²) in [4.78, 5) is 22.2. The molecule has 2 N–H and O–H groups in total. The van der Waals surface area contributed by atoms with Crippen LogP contribution in [0.5, 0.6) is 5.75 Å². The van der Waals surface area contributed by atoms with Crippen molar-refractivity contribution >= 4 is 17.7 Å². The molecule has 1 rings (SSSR count). The van der Waals surface area contributed by atoms with Crippen LogP contribution in [0.2, 0.25) is 0 Å². The number of carbonyl (C=O) groups excluding carboxylic acids is 1. The number of carboxylic acid groups (broad SMARTS) is 1. The first kappa shape index (κ1) is 17.5. The minimum absolute atomic E-state index is 0.00136. The topological polar surface area (TPSA) is 94.1 Å². The average molecular weight is 309 g/mol. The highest BCUT2D eigenvalue weighted by molar-refractivity contribution is 5.87. The highest BCUT2D eigenvalue weighted by atomic mass is 16.7. The van der Waals surface area contributed by atoms with Gasteiger partial charge in [-0.2, -0.15) is 0 Å². The molecule has 22 heavy (non-hydrogen) atoms. The zero-order valence-electron chi connectivity index (χ0n) is 12.3. The third-order valence-electron chi connectivity index (χ3n) is 2.57. The van der Waals surface area contributed by atoms with Crippen LogP contribution in [-0.2, 0) is 20.7 Å². The summed E-state index contributed by atoms with van der Waals surface area (Å²) in [7, 11) is 1.48. The molecule has 0 atom stereocenters. The van der Waals surface area contributed by atoms with E-state index in [9.17, 15) is 9.59 Å². The molecular formula is C15H19NO6. The van der Waals surface area contributed by atoms with Crippen molar-refractivity contribution in [3.8, 4) is 5.75 Å². The molecule has 0 saturated heterocycles. The number of hydrogen-bond donors (Lipinski definition) is 2. The Hall–Kier alpha value is -2.54. The molecule has 0 aromatic heterocycles. The summed E-state index contributed by atoms with van der Waals surface area (Å²) < 4.78 is 15.0. The molecule has 7 heteroatoms. The molecule has 120 valence electrons. The first-order valence-corrected chi connectivity index (χ1v) is 6.58. The lowest BCUT2D eigenvalue weighted by Crippen LogP contribution is -2.15. The average Bonchev–Trinajstić information content (AvgIpc) is 2.50. The van der Waals surface area contributed by atoms with Gasteiger partial charge >= 0.3 is 12.1 Å². The van der Waals surface area contributed by atoms with E-state index in [1.54, 1.807) is 18.2 Å². The maximum atomic E-state index is 11.6. The summed E-state index contributed by atoms with van der Waals surface area (Å²) in [6, 6.07) is 5.01. The second kappa shape index (κ2) is 9.41. The van der Waals surface area contributed by atoms with Gasteiger partial charge in [-0.3, -0.25) is 10.1 Å². The van der Waals surface area contributed by atoms with E-state index in [1.807, 2.05) is 0 Å². The minimum atomic E-state index is -0.889. The van der Waals surface area contributed by atoms with E-state index < -0.39 is 12.1 Å². The zero-order valence-corrected chi connectivity index (χ0v) is 12.3. The van der Waals surface area contributed by atoms with E-state index in [0.29, 0.717) is 17.9 Å². The standard InChI is InChI=1S/C15H19NO6/c1-3-8-21-15(19)16-12-9-11(5-7-14(17)18)4-6-13(12)22-10-20-2/h3-4,6,9H,1,5,7-8,10H2,2H3,(H,16,19)(H,17,18). The summed E-state index contributed by atoms with van der Waals surface area (Å²) in [6.45, 7) is 3.55. The van der Waals surface area contributed by atoms with Crippen molar-refractivity contribution in [3.05, 3.63) is 36.4 Å². The predicted molar refractivity (Wildman–Crippen MR) is 80.1 cm³/mol. The van der Waals surface area contributed by atoms with Gasteiger partial charge in [0.1, 0.15) is 12.4 Å². The highest BCUT2D eigenvalue weighted by Crippen LogP contribution is 2.26. The number of hydrogen-bond acceptors (Lipinski definition) is 5. The van der Waals surface area contributed by atoms with Gasteiger partial charge in [-0.25, -0.2) is 4.79 Å². The lowest BCUT2D eigenvalue weighted by molar-refractivity contribution is -0.136. The number of ether oxygens (including phenoxy) is 3. The molecule has 0 aliphatic carbocycles. The second-order valence-corrected chi connectivity index (χ2v) is 4.29. The first-order chi connectivity index (χ1) is 10.6. The monoisotopic (exact) mass is 309 g/mol. The van der Waals surface area contributed by atoms with Crippen molar-refractivity contribution in [1.29, 1.82) is 0 Å². The zero-order chi connectivity index (χ0) is 16.4. The fourth-order valence-corrected chi connectivity index (χ4v) is 1.61. The van der Waals surface area contributed by atoms with E-state index >= 15 is 0 Å². The molecule has 0 heterocycles. The number of amides is 1. The number of aryl methyl sites for hydroxylation is 1. The van der Waals surface area contributed by atoms with Gasteiger partial charge in [0.2, 0.25) is 0 Å². The summed E-state index contributed by atoms with van der Waals surface area (Å²) >= 11 is 0. The van der Waals surface area contributed by atoms with Gasteiger partial charge in [-0.05, 0) is 24.1 Å². The van der Waals surface area contributed by atoms with Gasteiger partial charge in [-0.15, -0.1) is 0 Å². The Labute approximate surface area is 128 Å². The number of benzene rings is 1. The molecular weight excluding hydrogens is 290 g/mol. The second-order valence-electron chi connectivity index (χ2n) is 4.29. The van der Waals surface area contributed by atoms with Crippen LogP contribution < -0.4 is 10.1 Å². The van der Waals surface area contributed by atoms with E-state index in [-0.39, 0.29) is 19.8 Å². The van der Waals surface area contributed by atoms with Crippen LogP contribution in [0.15, 0.2) is 30.9 Å². The lowest BCUT2D eigenvalue weighted by Gasteiger charge is -2.13.